The molecule has 0 bridgehead atoms. The van der Waals surface area contributed by atoms with E-state index < -0.39 is 0 Å². The third kappa shape index (κ3) is 2.24. The molecule has 3 heteroatoms. The van der Waals surface area contributed by atoms with Crippen molar-refractivity contribution in [2.45, 2.75) is 12.8 Å². The first-order valence-electron chi connectivity index (χ1n) is 6.53. The first-order chi connectivity index (χ1) is 9.28. The fourth-order valence-corrected chi connectivity index (χ4v) is 2.61. The van der Waals surface area contributed by atoms with E-state index >= 15 is 0 Å². The quantitative estimate of drug-likeness (QED) is 0.770. The first kappa shape index (κ1) is 11.9. The van der Waals surface area contributed by atoms with Crippen LogP contribution < -0.4 is 4.90 Å². The Bertz CT molecular complexity index is 605. The van der Waals surface area contributed by atoms with Crippen molar-refractivity contribution in [2.75, 3.05) is 18.5 Å². The molecule has 0 aliphatic carbocycles. The molecule has 0 spiro atoms. The molecule has 2 heterocycles. The van der Waals surface area contributed by atoms with Gasteiger partial charge in [-0.2, -0.15) is 0 Å². The Hall–Kier alpha value is -2.16. The van der Waals surface area contributed by atoms with Gasteiger partial charge in [0.15, 0.2) is 6.29 Å². The van der Waals surface area contributed by atoms with Crippen LogP contribution in [0.1, 0.15) is 22.5 Å². The minimum atomic E-state index is 0.474. The lowest BCUT2D eigenvalue weighted by Gasteiger charge is -2.27. The number of fused-ring (bicyclic) bond motifs is 1. The lowest BCUT2D eigenvalue weighted by atomic mass is 9.97. The van der Waals surface area contributed by atoms with Crippen LogP contribution >= 0.6 is 0 Å². The van der Waals surface area contributed by atoms with Crippen molar-refractivity contribution in [1.82, 2.24) is 4.98 Å². The number of aromatic nitrogens is 1. The first-order valence-corrected chi connectivity index (χ1v) is 6.53. The predicted octanol–water partition coefficient (Wildman–Crippen LogP) is 2.94. The van der Waals surface area contributed by atoms with Gasteiger partial charge < -0.3 is 4.90 Å². The van der Waals surface area contributed by atoms with E-state index in [1.165, 1.54) is 23.2 Å². The number of carbonyl (C=O) groups is 1. The summed E-state index contributed by atoms with van der Waals surface area (Å²) in [7, 11) is 2.14. The number of carbonyl (C=O) groups excluding carboxylic acids is 1. The van der Waals surface area contributed by atoms with Gasteiger partial charge in [-0.15, -0.1) is 0 Å². The second kappa shape index (κ2) is 4.84. The number of pyridine rings is 1. The molecular formula is C16H16N2O. The van der Waals surface area contributed by atoms with Gasteiger partial charge >= 0.3 is 0 Å². The number of rotatable bonds is 2. The molecule has 3 nitrogen and oxygen atoms in total. The lowest BCUT2D eigenvalue weighted by Crippen LogP contribution is -2.24. The normalized spacial score (nSPS) is 14.1. The Morgan fingerprint density at radius 2 is 2.05 bits per heavy atom. The van der Waals surface area contributed by atoms with Gasteiger partial charge in [0.2, 0.25) is 0 Å². The van der Waals surface area contributed by atoms with Gasteiger partial charge in [0, 0.05) is 31.0 Å². The summed E-state index contributed by atoms with van der Waals surface area (Å²) in [5, 5.41) is 0. The minimum absolute atomic E-state index is 0.474. The highest BCUT2D eigenvalue weighted by atomic mass is 16.1. The van der Waals surface area contributed by atoms with Gasteiger partial charge in [0.25, 0.3) is 0 Å². The molecule has 0 fully saturated rings. The van der Waals surface area contributed by atoms with E-state index in [4.69, 9.17) is 0 Å². The van der Waals surface area contributed by atoms with Gasteiger partial charge in [-0.3, -0.25) is 9.78 Å². The predicted molar refractivity (Wildman–Crippen MR) is 76.7 cm³/mol. The maximum Gasteiger partial charge on any atom is 0.168 e. The molecule has 0 saturated carbocycles. The van der Waals surface area contributed by atoms with Crippen molar-refractivity contribution in [3.63, 3.8) is 0 Å². The number of anilines is 1. The molecule has 1 aromatic carbocycles. The number of aryl methyl sites for hydroxylation is 1. The molecule has 3 rings (SSSR count). The average Bonchev–Trinajstić information content (AvgIpc) is 2.47. The summed E-state index contributed by atoms with van der Waals surface area (Å²) < 4.78 is 0. The van der Waals surface area contributed by atoms with E-state index in [1.807, 2.05) is 6.07 Å². The standard InChI is InChI=1S/C16H16N2O/c1-18-8-2-3-13-9-12(5-7-16(13)18)14-4-6-15(11-19)17-10-14/h4-7,9-11H,2-3,8H2,1H3. The average molecular weight is 252 g/mol. The van der Waals surface area contributed by atoms with E-state index in [9.17, 15) is 4.79 Å². The van der Waals surface area contributed by atoms with Gasteiger partial charge in [0.05, 0.1) is 0 Å². The van der Waals surface area contributed by atoms with Crippen LogP contribution in [-0.4, -0.2) is 24.9 Å². The molecule has 1 aliphatic heterocycles. The van der Waals surface area contributed by atoms with E-state index in [0.29, 0.717) is 5.69 Å². The van der Waals surface area contributed by atoms with Crippen molar-refractivity contribution < 1.29 is 4.79 Å². The minimum Gasteiger partial charge on any atom is -0.374 e. The molecule has 0 unspecified atom stereocenters. The Morgan fingerprint density at radius 1 is 1.21 bits per heavy atom. The van der Waals surface area contributed by atoms with Crippen LogP contribution in [0.5, 0.6) is 0 Å². The molecule has 0 atom stereocenters. The van der Waals surface area contributed by atoms with Gasteiger partial charge in [-0.1, -0.05) is 12.1 Å². The molecule has 1 aliphatic rings. The summed E-state index contributed by atoms with van der Waals surface area (Å²) in [6, 6.07) is 10.2. The molecule has 0 amide bonds. The molecule has 96 valence electrons. The SMILES string of the molecule is CN1CCCc2cc(-c3ccc(C=O)nc3)ccc21. The second-order valence-electron chi connectivity index (χ2n) is 4.96. The monoisotopic (exact) mass is 252 g/mol. The van der Waals surface area contributed by atoms with Crippen molar-refractivity contribution >= 4 is 12.0 Å². The fraction of sp³-hybridized carbons (Fsp3) is 0.250. The van der Waals surface area contributed by atoms with Crippen LogP contribution in [0.4, 0.5) is 5.69 Å². The molecule has 0 N–H and O–H groups in total. The molecular weight excluding hydrogens is 236 g/mol. The smallest absolute Gasteiger partial charge is 0.168 e. The maximum absolute atomic E-state index is 10.6. The third-order valence-electron chi connectivity index (χ3n) is 3.67. The maximum atomic E-state index is 10.6. The van der Waals surface area contributed by atoms with Gasteiger partial charge in [0.1, 0.15) is 5.69 Å². The lowest BCUT2D eigenvalue weighted by molar-refractivity contribution is 0.111. The second-order valence-corrected chi connectivity index (χ2v) is 4.96. The van der Waals surface area contributed by atoms with Crippen LogP contribution in [0.25, 0.3) is 11.1 Å². The van der Waals surface area contributed by atoms with Crippen LogP contribution in [0.3, 0.4) is 0 Å². The largest absolute Gasteiger partial charge is 0.374 e. The highest BCUT2D eigenvalue weighted by Gasteiger charge is 2.14. The van der Waals surface area contributed by atoms with E-state index in [2.05, 4.69) is 35.1 Å². The zero-order valence-electron chi connectivity index (χ0n) is 11.0. The van der Waals surface area contributed by atoms with Crippen molar-refractivity contribution in [2.24, 2.45) is 0 Å². The van der Waals surface area contributed by atoms with Crippen LogP contribution in [0, 0.1) is 0 Å². The van der Waals surface area contributed by atoms with Crippen molar-refractivity contribution in [3.8, 4) is 11.1 Å². The van der Waals surface area contributed by atoms with Crippen LogP contribution in [0.15, 0.2) is 36.5 Å². The van der Waals surface area contributed by atoms with Crippen LogP contribution in [-0.2, 0) is 6.42 Å². The topological polar surface area (TPSA) is 33.2 Å². The number of benzene rings is 1. The van der Waals surface area contributed by atoms with E-state index in [-0.39, 0.29) is 0 Å². The summed E-state index contributed by atoms with van der Waals surface area (Å²) in [4.78, 5) is 17.0. The number of hydrogen-bond acceptors (Lipinski definition) is 3. The zero-order valence-corrected chi connectivity index (χ0v) is 11.0. The molecule has 0 saturated heterocycles. The highest BCUT2D eigenvalue weighted by molar-refractivity contribution is 5.74. The summed E-state index contributed by atoms with van der Waals surface area (Å²) in [6.45, 7) is 1.13. The Labute approximate surface area is 112 Å². The number of nitrogens with zero attached hydrogens (tertiary/aromatic N) is 2. The van der Waals surface area contributed by atoms with Crippen molar-refractivity contribution in [1.29, 1.82) is 0 Å². The van der Waals surface area contributed by atoms with Crippen LogP contribution in [0.2, 0.25) is 0 Å². The Morgan fingerprint density at radius 3 is 2.79 bits per heavy atom. The summed E-state index contributed by atoms with van der Waals surface area (Å²) in [5.74, 6) is 0. The van der Waals surface area contributed by atoms with Crippen molar-refractivity contribution in [3.05, 3.63) is 47.8 Å². The molecule has 1 aromatic heterocycles. The van der Waals surface area contributed by atoms with Gasteiger partial charge in [-0.25, -0.2) is 0 Å². The highest BCUT2D eigenvalue weighted by Crippen LogP contribution is 2.30. The number of aldehydes is 1. The molecule has 2 aromatic rings. The van der Waals surface area contributed by atoms with Gasteiger partial charge in [-0.05, 0) is 42.2 Å². The molecule has 19 heavy (non-hydrogen) atoms. The fourth-order valence-electron chi connectivity index (χ4n) is 2.61. The summed E-state index contributed by atoms with van der Waals surface area (Å²) >= 11 is 0. The summed E-state index contributed by atoms with van der Waals surface area (Å²) in [5.41, 5.74) is 5.42. The summed E-state index contributed by atoms with van der Waals surface area (Å²) in [6.07, 6.45) is 4.87. The van der Waals surface area contributed by atoms with E-state index in [1.54, 1.807) is 12.3 Å². The third-order valence-corrected chi connectivity index (χ3v) is 3.67. The Balaban J connectivity index is 1.99. The Kier molecular flexibility index (Phi) is 3.03. The number of hydrogen-bond donors (Lipinski definition) is 0. The zero-order chi connectivity index (χ0) is 13.2. The molecule has 0 radical (unpaired) electrons. The van der Waals surface area contributed by atoms with E-state index in [0.717, 1.165) is 24.8 Å².